The number of nitrogens with one attached hydrogen (secondary N) is 2. The highest BCUT2D eigenvalue weighted by Gasteiger charge is 2.33. The molecule has 0 saturated heterocycles. The van der Waals surface area contributed by atoms with Gasteiger partial charge in [0, 0.05) is 12.6 Å². The summed E-state index contributed by atoms with van der Waals surface area (Å²) in [6.45, 7) is 4.70. The number of hydrogen-bond acceptors (Lipinski definition) is 3. The van der Waals surface area contributed by atoms with Gasteiger partial charge in [-0.15, -0.1) is 0 Å². The average molecular weight is 282 g/mol. The van der Waals surface area contributed by atoms with Crippen molar-refractivity contribution in [3.05, 3.63) is 29.8 Å². The Kier molecular flexibility index (Phi) is 4.28. The van der Waals surface area contributed by atoms with Crippen molar-refractivity contribution >= 4 is 10.0 Å². The molecule has 5 heteroatoms. The molecule has 1 aliphatic rings. The molecule has 19 heavy (non-hydrogen) atoms. The van der Waals surface area contributed by atoms with Crippen LogP contribution in [0.15, 0.2) is 29.2 Å². The molecule has 0 aromatic heterocycles. The molecule has 2 rings (SSSR count). The molecule has 3 atom stereocenters. The highest BCUT2D eigenvalue weighted by molar-refractivity contribution is 7.89. The second kappa shape index (κ2) is 5.61. The Morgan fingerprint density at radius 3 is 2.68 bits per heavy atom. The van der Waals surface area contributed by atoms with Crippen LogP contribution in [0.3, 0.4) is 0 Å². The molecule has 0 heterocycles. The van der Waals surface area contributed by atoms with Crippen LogP contribution in [-0.4, -0.2) is 22.0 Å². The zero-order valence-corrected chi connectivity index (χ0v) is 12.5. The van der Waals surface area contributed by atoms with E-state index in [0.717, 1.165) is 12.0 Å². The summed E-state index contributed by atoms with van der Waals surface area (Å²) in [6.07, 6.45) is 1.12. The normalized spacial score (nSPS) is 24.2. The largest absolute Gasteiger partial charge is 0.313 e. The van der Waals surface area contributed by atoms with Crippen molar-refractivity contribution in [1.82, 2.24) is 10.0 Å². The van der Waals surface area contributed by atoms with Crippen LogP contribution in [0.2, 0.25) is 0 Å². The summed E-state index contributed by atoms with van der Waals surface area (Å²) in [7, 11) is -1.52. The second-order valence-corrected chi connectivity index (χ2v) is 7.17. The molecule has 1 aliphatic carbocycles. The van der Waals surface area contributed by atoms with E-state index in [9.17, 15) is 8.42 Å². The van der Waals surface area contributed by atoms with Gasteiger partial charge in [0.15, 0.2) is 0 Å². The van der Waals surface area contributed by atoms with Crippen molar-refractivity contribution in [3.8, 4) is 0 Å². The fourth-order valence-corrected chi connectivity index (χ4v) is 3.25. The summed E-state index contributed by atoms with van der Waals surface area (Å²) in [5, 5.41) is 3.11. The van der Waals surface area contributed by atoms with Crippen LogP contribution in [0.5, 0.6) is 0 Å². The first-order chi connectivity index (χ1) is 8.94. The maximum atomic E-state index is 12.2. The number of benzene rings is 1. The van der Waals surface area contributed by atoms with E-state index in [1.165, 1.54) is 0 Å². The lowest BCUT2D eigenvalue weighted by Gasteiger charge is -2.12. The average Bonchev–Trinajstić information content (AvgIpc) is 3.12. The standard InChI is InChI=1S/C14H22N2O2S/c1-10-7-13(10)9-16-19(17,18)14-6-4-5-12(8-14)11(2)15-3/h4-6,8,10-11,13,15-16H,7,9H2,1-3H3. The smallest absolute Gasteiger partial charge is 0.240 e. The monoisotopic (exact) mass is 282 g/mol. The summed E-state index contributed by atoms with van der Waals surface area (Å²) in [5.41, 5.74) is 0.977. The Labute approximate surface area is 115 Å². The number of hydrogen-bond donors (Lipinski definition) is 2. The van der Waals surface area contributed by atoms with E-state index in [2.05, 4.69) is 17.0 Å². The third kappa shape index (κ3) is 3.55. The van der Waals surface area contributed by atoms with Crippen LogP contribution >= 0.6 is 0 Å². The predicted octanol–water partition coefficient (Wildman–Crippen LogP) is 1.90. The van der Waals surface area contributed by atoms with E-state index in [1.54, 1.807) is 18.2 Å². The van der Waals surface area contributed by atoms with E-state index < -0.39 is 10.0 Å². The van der Waals surface area contributed by atoms with Crippen molar-refractivity contribution in [2.24, 2.45) is 11.8 Å². The Balaban J connectivity index is 2.10. The first-order valence-electron chi connectivity index (χ1n) is 6.71. The van der Waals surface area contributed by atoms with Crippen LogP contribution in [0.25, 0.3) is 0 Å². The topological polar surface area (TPSA) is 58.2 Å². The van der Waals surface area contributed by atoms with Gasteiger partial charge < -0.3 is 5.32 Å². The highest BCUT2D eigenvalue weighted by Crippen LogP contribution is 2.37. The maximum absolute atomic E-state index is 12.2. The van der Waals surface area contributed by atoms with Crippen LogP contribution < -0.4 is 10.0 Å². The molecule has 3 unspecified atom stereocenters. The Hall–Kier alpha value is -0.910. The highest BCUT2D eigenvalue weighted by atomic mass is 32.2. The van der Waals surface area contributed by atoms with Crippen LogP contribution in [0, 0.1) is 11.8 Å². The molecule has 2 N–H and O–H groups in total. The van der Waals surface area contributed by atoms with Crippen LogP contribution in [0.4, 0.5) is 0 Å². The molecule has 0 aliphatic heterocycles. The summed E-state index contributed by atoms with van der Waals surface area (Å²) >= 11 is 0. The van der Waals surface area contributed by atoms with Gasteiger partial charge in [0.05, 0.1) is 4.90 Å². The molecule has 1 aromatic carbocycles. The lowest BCUT2D eigenvalue weighted by atomic mass is 10.1. The zero-order chi connectivity index (χ0) is 14.0. The minimum atomic E-state index is -3.38. The van der Waals surface area contributed by atoms with Gasteiger partial charge in [-0.2, -0.15) is 0 Å². The van der Waals surface area contributed by atoms with Crippen LogP contribution in [-0.2, 0) is 10.0 Å². The molecule has 4 nitrogen and oxygen atoms in total. The molecule has 1 fully saturated rings. The van der Waals surface area contributed by atoms with E-state index in [0.29, 0.717) is 23.3 Å². The molecule has 0 radical (unpaired) electrons. The van der Waals surface area contributed by atoms with Gasteiger partial charge >= 0.3 is 0 Å². The first kappa shape index (κ1) is 14.5. The lowest BCUT2D eigenvalue weighted by molar-refractivity contribution is 0.574. The Morgan fingerprint density at radius 1 is 1.42 bits per heavy atom. The SMILES string of the molecule is CNC(C)c1cccc(S(=O)(=O)NCC2CC2C)c1. The van der Waals surface area contributed by atoms with Crippen molar-refractivity contribution in [2.75, 3.05) is 13.6 Å². The number of rotatable bonds is 6. The molecule has 0 bridgehead atoms. The summed E-state index contributed by atoms with van der Waals surface area (Å²) in [5.74, 6) is 1.16. The minimum Gasteiger partial charge on any atom is -0.313 e. The van der Waals surface area contributed by atoms with Crippen molar-refractivity contribution in [2.45, 2.75) is 31.2 Å². The van der Waals surface area contributed by atoms with Gasteiger partial charge in [0.2, 0.25) is 10.0 Å². The quantitative estimate of drug-likeness (QED) is 0.838. The summed E-state index contributed by atoms with van der Waals surface area (Å²) in [4.78, 5) is 0.348. The third-order valence-corrected chi connectivity index (χ3v) is 5.33. The number of sulfonamides is 1. The van der Waals surface area contributed by atoms with Gasteiger partial charge in [0.1, 0.15) is 0 Å². The van der Waals surface area contributed by atoms with E-state index in [-0.39, 0.29) is 6.04 Å². The van der Waals surface area contributed by atoms with Crippen molar-refractivity contribution < 1.29 is 8.42 Å². The fraction of sp³-hybridized carbons (Fsp3) is 0.571. The lowest BCUT2D eigenvalue weighted by Crippen LogP contribution is -2.26. The predicted molar refractivity (Wildman–Crippen MR) is 76.4 cm³/mol. The second-order valence-electron chi connectivity index (χ2n) is 5.41. The third-order valence-electron chi connectivity index (χ3n) is 3.91. The first-order valence-corrected chi connectivity index (χ1v) is 8.19. The molecular formula is C14H22N2O2S. The molecule has 106 valence electrons. The van der Waals surface area contributed by atoms with E-state index in [4.69, 9.17) is 0 Å². The van der Waals surface area contributed by atoms with E-state index in [1.807, 2.05) is 20.0 Å². The summed E-state index contributed by atoms with van der Waals surface area (Å²) < 4.78 is 27.1. The van der Waals surface area contributed by atoms with Crippen LogP contribution in [0.1, 0.15) is 31.9 Å². The molecular weight excluding hydrogens is 260 g/mol. The van der Waals surface area contributed by atoms with Crippen molar-refractivity contribution in [1.29, 1.82) is 0 Å². The van der Waals surface area contributed by atoms with Gasteiger partial charge in [-0.05, 0) is 49.9 Å². The zero-order valence-electron chi connectivity index (χ0n) is 11.7. The maximum Gasteiger partial charge on any atom is 0.240 e. The Bertz CT molecular complexity index is 542. The molecule has 0 spiro atoms. The van der Waals surface area contributed by atoms with Crippen molar-refractivity contribution in [3.63, 3.8) is 0 Å². The van der Waals surface area contributed by atoms with E-state index >= 15 is 0 Å². The molecule has 1 saturated carbocycles. The summed E-state index contributed by atoms with van der Waals surface area (Å²) in [6, 6.07) is 7.24. The molecule has 1 aromatic rings. The van der Waals surface area contributed by atoms with Gasteiger partial charge in [-0.3, -0.25) is 0 Å². The fourth-order valence-electron chi connectivity index (χ4n) is 2.10. The van der Waals surface area contributed by atoms with Gasteiger partial charge in [0.25, 0.3) is 0 Å². The van der Waals surface area contributed by atoms with Gasteiger partial charge in [-0.1, -0.05) is 19.1 Å². The van der Waals surface area contributed by atoms with Gasteiger partial charge in [-0.25, -0.2) is 13.1 Å². The molecule has 0 amide bonds. The Morgan fingerprint density at radius 2 is 2.11 bits per heavy atom. The minimum absolute atomic E-state index is 0.138.